The highest BCUT2D eigenvalue weighted by Gasteiger charge is 2.42. The maximum Gasteiger partial charge on any atom is 0.260 e. The fraction of sp³-hybridized carbons (Fsp3) is 0.571. The monoisotopic (exact) mass is 371 g/mol. The number of amides is 2. The Hall–Kier alpha value is -2.37. The van der Waals surface area contributed by atoms with Crippen LogP contribution in [0, 0.1) is 17.8 Å². The molecule has 2 saturated carbocycles. The molecule has 27 heavy (non-hydrogen) atoms. The van der Waals surface area contributed by atoms with E-state index in [0.717, 1.165) is 23.1 Å². The topological polar surface area (TPSA) is 79.8 Å². The summed E-state index contributed by atoms with van der Waals surface area (Å²) in [5, 5.41) is 9.83. The van der Waals surface area contributed by atoms with Crippen LogP contribution >= 0.6 is 0 Å². The number of carbonyl (C=O) groups excluding carboxylic acids is 2. The van der Waals surface area contributed by atoms with Gasteiger partial charge in [-0.3, -0.25) is 9.59 Å². The molecule has 2 N–H and O–H groups in total. The van der Waals surface area contributed by atoms with Crippen molar-refractivity contribution in [1.29, 1.82) is 0 Å². The van der Waals surface area contributed by atoms with Crippen molar-refractivity contribution >= 4 is 23.2 Å². The van der Waals surface area contributed by atoms with Crippen LogP contribution in [-0.2, 0) is 14.4 Å². The lowest BCUT2D eigenvalue weighted by Crippen LogP contribution is -2.41. The molecular weight excluding hydrogens is 342 g/mol. The van der Waals surface area contributed by atoms with E-state index in [1.165, 1.54) is 32.6 Å². The van der Waals surface area contributed by atoms with Crippen molar-refractivity contribution in [3.8, 4) is 0 Å². The number of oxime groups is 1. The van der Waals surface area contributed by atoms with Gasteiger partial charge in [-0.05, 0) is 68.6 Å². The summed E-state index contributed by atoms with van der Waals surface area (Å²) in [5.41, 5.74) is 2.28. The Bertz CT molecular complexity index is 714. The van der Waals surface area contributed by atoms with Crippen LogP contribution in [0.5, 0.6) is 0 Å². The molecule has 1 aromatic rings. The fourth-order valence-electron chi connectivity index (χ4n) is 4.55. The molecule has 2 aliphatic rings. The molecule has 0 aliphatic heterocycles. The van der Waals surface area contributed by atoms with E-state index in [9.17, 15) is 9.59 Å². The Morgan fingerprint density at radius 3 is 2.52 bits per heavy atom. The summed E-state index contributed by atoms with van der Waals surface area (Å²) in [4.78, 5) is 28.4. The summed E-state index contributed by atoms with van der Waals surface area (Å²) in [7, 11) is 0. The van der Waals surface area contributed by atoms with Crippen LogP contribution in [0.2, 0.25) is 0 Å². The van der Waals surface area contributed by atoms with E-state index in [2.05, 4.69) is 22.7 Å². The highest BCUT2D eigenvalue weighted by molar-refractivity contribution is 5.99. The van der Waals surface area contributed by atoms with Crippen molar-refractivity contribution in [2.45, 2.75) is 52.5 Å². The molecule has 0 aromatic heterocycles. The molecule has 4 atom stereocenters. The minimum atomic E-state index is -0.122. The van der Waals surface area contributed by atoms with E-state index < -0.39 is 0 Å². The molecule has 2 fully saturated rings. The number of nitrogens with zero attached hydrogens (tertiary/aromatic N) is 1. The maximum atomic E-state index is 12.1. The van der Waals surface area contributed by atoms with Gasteiger partial charge < -0.3 is 15.5 Å². The summed E-state index contributed by atoms with van der Waals surface area (Å²) >= 11 is 0. The lowest BCUT2D eigenvalue weighted by atomic mass is 9.84. The number of nitrogens with one attached hydrogen (secondary N) is 2. The zero-order chi connectivity index (χ0) is 19.4. The molecule has 6 nitrogen and oxygen atoms in total. The summed E-state index contributed by atoms with van der Waals surface area (Å²) in [6.07, 6.45) is 5.27. The van der Waals surface area contributed by atoms with E-state index in [1.807, 2.05) is 19.1 Å². The highest BCUT2D eigenvalue weighted by atomic mass is 16.6. The number of hydrogen-bond acceptors (Lipinski definition) is 4. The maximum absolute atomic E-state index is 12.1. The first-order valence-corrected chi connectivity index (χ1v) is 9.76. The first kappa shape index (κ1) is 19.4. The van der Waals surface area contributed by atoms with Crippen LogP contribution in [0.15, 0.2) is 29.4 Å². The second kappa shape index (κ2) is 8.55. The van der Waals surface area contributed by atoms with Gasteiger partial charge in [0, 0.05) is 18.7 Å². The number of fused-ring (bicyclic) bond motifs is 2. The third kappa shape index (κ3) is 5.08. The van der Waals surface area contributed by atoms with Gasteiger partial charge in [-0.1, -0.05) is 23.7 Å². The van der Waals surface area contributed by atoms with Gasteiger partial charge in [-0.2, -0.15) is 0 Å². The van der Waals surface area contributed by atoms with Crippen molar-refractivity contribution in [1.82, 2.24) is 5.32 Å². The first-order valence-electron chi connectivity index (χ1n) is 9.76. The molecule has 4 unspecified atom stereocenters. The Kier molecular flexibility index (Phi) is 6.14. The molecule has 0 heterocycles. The van der Waals surface area contributed by atoms with Crippen LogP contribution in [-0.4, -0.2) is 30.2 Å². The largest absolute Gasteiger partial charge is 0.385 e. The van der Waals surface area contributed by atoms with E-state index in [4.69, 9.17) is 4.84 Å². The summed E-state index contributed by atoms with van der Waals surface area (Å²) < 4.78 is 0. The summed E-state index contributed by atoms with van der Waals surface area (Å²) in [5.74, 6) is 2.04. The minimum Gasteiger partial charge on any atom is -0.385 e. The van der Waals surface area contributed by atoms with Crippen LogP contribution in [0.3, 0.4) is 0 Å². The van der Waals surface area contributed by atoms with Crippen molar-refractivity contribution < 1.29 is 14.4 Å². The van der Waals surface area contributed by atoms with Gasteiger partial charge in [0.15, 0.2) is 6.61 Å². The van der Waals surface area contributed by atoms with Crippen LogP contribution < -0.4 is 10.6 Å². The normalized spacial score (nSPS) is 25.1. The lowest BCUT2D eigenvalue weighted by Gasteiger charge is -2.28. The molecular formula is C21H29N3O3. The lowest BCUT2D eigenvalue weighted by molar-refractivity contribution is -0.126. The fourth-order valence-corrected chi connectivity index (χ4v) is 4.55. The number of carbonyl (C=O) groups is 2. The number of anilines is 1. The molecule has 2 amide bonds. The third-order valence-corrected chi connectivity index (χ3v) is 5.84. The number of rotatable bonds is 7. The molecule has 3 rings (SSSR count). The standard InChI is InChI=1S/C21H29N3O3/c1-13(17-6-8-19(9-7-17)23-15(3)25)24-27-12-21(26)22-14(2)20-11-16-4-5-18(20)10-16/h6-9,14,16,18,20H,4-5,10-12H2,1-3H3,(H,22,26)(H,23,25)/b24-13+. The molecule has 2 bridgehead atoms. The summed E-state index contributed by atoms with van der Waals surface area (Å²) in [6, 6.07) is 7.51. The van der Waals surface area contributed by atoms with Crippen molar-refractivity contribution in [2.24, 2.45) is 22.9 Å². The predicted molar refractivity (Wildman–Crippen MR) is 105 cm³/mol. The zero-order valence-corrected chi connectivity index (χ0v) is 16.3. The van der Waals surface area contributed by atoms with Crippen molar-refractivity contribution in [3.05, 3.63) is 29.8 Å². The minimum absolute atomic E-state index is 0.0769. The van der Waals surface area contributed by atoms with Gasteiger partial charge in [0.2, 0.25) is 5.91 Å². The smallest absolute Gasteiger partial charge is 0.260 e. The summed E-state index contributed by atoms with van der Waals surface area (Å²) in [6.45, 7) is 5.32. The first-order chi connectivity index (χ1) is 12.9. The van der Waals surface area contributed by atoms with Gasteiger partial charge in [0.05, 0.1) is 5.71 Å². The van der Waals surface area contributed by atoms with Crippen LogP contribution in [0.4, 0.5) is 5.69 Å². The molecule has 0 spiro atoms. The molecule has 6 heteroatoms. The number of benzene rings is 1. The average molecular weight is 371 g/mol. The molecule has 0 saturated heterocycles. The van der Waals surface area contributed by atoms with Gasteiger partial charge >= 0.3 is 0 Å². The Balaban J connectivity index is 1.43. The Morgan fingerprint density at radius 1 is 1.19 bits per heavy atom. The predicted octanol–water partition coefficient (Wildman–Crippen LogP) is 3.33. The molecule has 146 valence electrons. The highest BCUT2D eigenvalue weighted by Crippen LogP contribution is 2.49. The van der Waals surface area contributed by atoms with E-state index in [0.29, 0.717) is 11.6 Å². The SMILES string of the molecule is CC(=O)Nc1ccc(/C(C)=N/OCC(=O)NC(C)C2CC3CCC2C3)cc1. The van der Waals surface area contributed by atoms with Crippen LogP contribution in [0.1, 0.15) is 52.0 Å². The van der Waals surface area contributed by atoms with Crippen molar-refractivity contribution in [3.63, 3.8) is 0 Å². The van der Waals surface area contributed by atoms with E-state index >= 15 is 0 Å². The van der Waals surface area contributed by atoms with E-state index in [1.54, 1.807) is 12.1 Å². The zero-order valence-electron chi connectivity index (χ0n) is 16.3. The Morgan fingerprint density at radius 2 is 1.93 bits per heavy atom. The Labute approximate surface area is 160 Å². The van der Waals surface area contributed by atoms with Gasteiger partial charge in [0.1, 0.15) is 0 Å². The second-order valence-electron chi connectivity index (χ2n) is 7.90. The number of hydrogen-bond donors (Lipinski definition) is 2. The van der Waals surface area contributed by atoms with Crippen molar-refractivity contribution in [2.75, 3.05) is 11.9 Å². The second-order valence-corrected chi connectivity index (χ2v) is 7.90. The van der Waals surface area contributed by atoms with Gasteiger partial charge in [0.25, 0.3) is 5.91 Å². The third-order valence-electron chi connectivity index (χ3n) is 5.84. The van der Waals surface area contributed by atoms with Crippen LogP contribution in [0.25, 0.3) is 0 Å². The van der Waals surface area contributed by atoms with Gasteiger partial charge in [-0.15, -0.1) is 0 Å². The molecule has 0 radical (unpaired) electrons. The van der Waals surface area contributed by atoms with E-state index in [-0.39, 0.29) is 24.5 Å². The molecule has 2 aliphatic carbocycles. The average Bonchev–Trinajstić information content (AvgIpc) is 3.25. The van der Waals surface area contributed by atoms with Gasteiger partial charge in [-0.25, -0.2) is 0 Å². The quantitative estimate of drug-likeness (QED) is 0.570. The molecule has 1 aromatic carbocycles.